The Hall–Kier alpha value is -0.990. The zero-order valence-corrected chi connectivity index (χ0v) is 14.1. The van der Waals surface area contributed by atoms with Crippen molar-refractivity contribution >= 4 is 22.5 Å². The number of aromatic nitrogens is 1. The first kappa shape index (κ1) is 14.6. The first-order chi connectivity index (χ1) is 10.7. The molecule has 22 heavy (non-hydrogen) atoms. The van der Waals surface area contributed by atoms with Crippen molar-refractivity contribution in [3.8, 4) is 0 Å². The fourth-order valence-electron chi connectivity index (χ4n) is 4.55. The molecule has 118 valence electrons. The lowest BCUT2D eigenvalue weighted by Gasteiger charge is -2.15. The van der Waals surface area contributed by atoms with Crippen LogP contribution in [0.1, 0.15) is 37.4 Å². The van der Waals surface area contributed by atoms with E-state index >= 15 is 0 Å². The Morgan fingerprint density at radius 3 is 2.68 bits per heavy atom. The molecule has 0 radical (unpaired) electrons. The normalized spacial score (nSPS) is 25.2. The molecule has 2 fully saturated rings. The fourth-order valence-corrected chi connectivity index (χ4v) is 4.79. The Morgan fingerprint density at radius 1 is 1.18 bits per heavy atom. The van der Waals surface area contributed by atoms with E-state index in [0.717, 1.165) is 29.7 Å². The Labute approximate surface area is 137 Å². The maximum absolute atomic E-state index is 6.22. The lowest BCUT2D eigenvalue weighted by molar-refractivity contribution is 0.314. The zero-order chi connectivity index (χ0) is 15.1. The van der Waals surface area contributed by atoms with E-state index in [0.29, 0.717) is 0 Å². The average Bonchev–Trinajstić information content (AvgIpc) is 3.17. The van der Waals surface area contributed by atoms with Gasteiger partial charge in [-0.25, -0.2) is 0 Å². The third kappa shape index (κ3) is 2.68. The number of likely N-dealkylation sites (tertiary alicyclic amines) is 1. The Bertz CT molecular complexity index is 663. The molecule has 1 aromatic heterocycles. The second kappa shape index (κ2) is 5.90. The van der Waals surface area contributed by atoms with Gasteiger partial charge in [0.25, 0.3) is 0 Å². The molecule has 1 saturated heterocycles. The van der Waals surface area contributed by atoms with Crippen LogP contribution in [-0.2, 0) is 12.8 Å². The van der Waals surface area contributed by atoms with Gasteiger partial charge in [0.15, 0.2) is 0 Å². The smallest absolute Gasteiger partial charge is 0.0473 e. The van der Waals surface area contributed by atoms with Gasteiger partial charge in [-0.15, -0.1) is 0 Å². The van der Waals surface area contributed by atoms with E-state index in [-0.39, 0.29) is 0 Å². The number of halogens is 1. The molecule has 1 N–H and O–H groups in total. The highest BCUT2D eigenvalue weighted by Crippen LogP contribution is 2.37. The van der Waals surface area contributed by atoms with Gasteiger partial charge >= 0.3 is 0 Å². The third-order valence-electron chi connectivity index (χ3n) is 5.72. The van der Waals surface area contributed by atoms with Crippen molar-refractivity contribution < 1.29 is 0 Å². The monoisotopic (exact) mass is 316 g/mol. The molecule has 1 aromatic carbocycles. The largest absolute Gasteiger partial charge is 0.358 e. The van der Waals surface area contributed by atoms with Crippen LogP contribution in [0, 0.1) is 11.8 Å². The van der Waals surface area contributed by atoms with Crippen molar-refractivity contribution in [3.05, 3.63) is 34.5 Å². The van der Waals surface area contributed by atoms with Crippen LogP contribution < -0.4 is 0 Å². The molecule has 0 bridgehead atoms. The summed E-state index contributed by atoms with van der Waals surface area (Å²) < 4.78 is 0. The lowest BCUT2D eigenvalue weighted by atomic mass is 10.0. The molecule has 4 rings (SSSR count). The molecule has 0 amide bonds. The van der Waals surface area contributed by atoms with Gasteiger partial charge in [0.2, 0.25) is 0 Å². The van der Waals surface area contributed by atoms with Gasteiger partial charge in [0.1, 0.15) is 0 Å². The minimum atomic E-state index is 0.838. The van der Waals surface area contributed by atoms with Gasteiger partial charge in [-0.1, -0.05) is 24.9 Å². The van der Waals surface area contributed by atoms with Gasteiger partial charge < -0.3 is 9.88 Å². The number of H-pyrrole nitrogens is 1. The Balaban J connectivity index is 1.46. The molecule has 1 saturated carbocycles. The summed E-state index contributed by atoms with van der Waals surface area (Å²) in [7, 11) is 0. The molecule has 2 nitrogen and oxygen atoms in total. The molecular formula is C19H25ClN2. The second-order valence-corrected chi connectivity index (χ2v) is 7.57. The van der Waals surface area contributed by atoms with Crippen molar-refractivity contribution in [2.45, 2.75) is 39.0 Å². The van der Waals surface area contributed by atoms with E-state index in [1.54, 1.807) is 0 Å². The minimum absolute atomic E-state index is 0.838. The van der Waals surface area contributed by atoms with Gasteiger partial charge in [-0.3, -0.25) is 0 Å². The number of aromatic amines is 1. The van der Waals surface area contributed by atoms with Crippen LogP contribution in [-0.4, -0.2) is 29.5 Å². The molecule has 2 atom stereocenters. The van der Waals surface area contributed by atoms with Gasteiger partial charge in [-0.2, -0.15) is 0 Å². The standard InChI is InChI=1S/C19H25ClN2/c1-2-13-8-16(20)9-19-18(13)10-17(21-19)6-7-22-11-14-4-3-5-15(14)12-22/h8-10,14-15,21H,2-7,11-12H2,1H3. The summed E-state index contributed by atoms with van der Waals surface area (Å²) >= 11 is 6.22. The van der Waals surface area contributed by atoms with Crippen LogP contribution in [0.2, 0.25) is 5.02 Å². The van der Waals surface area contributed by atoms with Crippen molar-refractivity contribution in [2.75, 3.05) is 19.6 Å². The molecule has 0 spiro atoms. The summed E-state index contributed by atoms with van der Waals surface area (Å²) in [6, 6.07) is 6.49. The lowest BCUT2D eigenvalue weighted by Crippen LogP contribution is -2.24. The predicted octanol–water partition coefficient (Wildman–Crippen LogP) is 4.66. The molecule has 3 heteroatoms. The first-order valence-electron chi connectivity index (χ1n) is 8.75. The van der Waals surface area contributed by atoms with Crippen LogP contribution in [0.5, 0.6) is 0 Å². The maximum atomic E-state index is 6.22. The minimum Gasteiger partial charge on any atom is -0.358 e. The van der Waals surface area contributed by atoms with Crippen LogP contribution in [0.25, 0.3) is 10.9 Å². The molecule has 2 unspecified atom stereocenters. The highest BCUT2D eigenvalue weighted by molar-refractivity contribution is 6.31. The van der Waals surface area contributed by atoms with E-state index in [4.69, 9.17) is 11.6 Å². The third-order valence-corrected chi connectivity index (χ3v) is 5.94. The number of nitrogens with one attached hydrogen (secondary N) is 1. The van der Waals surface area contributed by atoms with E-state index in [1.807, 2.05) is 0 Å². The van der Waals surface area contributed by atoms with Crippen molar-refractivity contribution in [2.24, 2.45) is 11.8 Å². The van der Waals surface area contributed by atoms with Crippen molar-refractivity contribution in [3.63, 3.8) is 0 Å². The van der Waals surface area contributed by atoms with Crippen LogP contribution in [0.4, 0.5) is 0 Å². The summed E-state index contributed by atoms with van der Waals surface area (Å²) in [5.74, 6) is 1.99. The number of aryl methyl sites for hydroxylation is 1. The van der Waals surface area contributed by atoms with E-state index < -0.39 is 0 Å². The summed E-state index contributed by atoms with van der Waals surface area (Å²) in [5, 5.41) is 2.19. The second-order valence-electron chi connectivity index (χ2n) is 7.13. The molecule has 1 aliphatic heterocycles. The van der Waals surface area contributed by atoms with Crippen LogP contribution in [0.3, 0.4) is 0 Å². The fraction of sp³-hybridized carbons (Fsp3) is 0.579. The number of benzene rings is 1. The number of rotatable bonds is 4. The number of nitrogens with zero attached hydrogens (tertiary/aromatic N) is 1. The van der Waals surface area contributed by atoms with Crippen LogP contribution >= 0.6 is 11.6 Å². The number of hydrogen-bond acceptors (Lipinski definition) is 1. The van der Waals surface area contributed by atoms with Crippen molar-refractivity contribution in [1.82, 2.24) is 9.88 Å². The average molecular weight is 317 g/mol. The number of hydrogen-bond donors (Lipinski definition) is 1. The predicted molar refractivity (Wildman–Crippen MR) is 93.7 cm³/mol. The highest BCUT2D eigenvalue weighted by Gasteiger charge is 2.35. The SMILES string of the molecule is CCc1cc(Cl)cc2[nH]c(CCN3CC4CCCC4C3)cc12. The van der Waals surface area contributed by atoms with Gasteiger partial charge in [-0.05, 0) is 54.9 Å². The Morgan fingerprint density at radius 2 is 1.95 bits per heavy atom. The highest BCUT2D eigenvalue weighted by atomic mass is 35.5. The van der Waals surface area contributed by atoms with Gasteiger partial charge in [0, 0.05) is 47.7 Å². The molecular weight excluding hydrogens is 292 g/mol. The van der Waals surface area contributed by atoms with Crippen molar-refractivity contribution in [1.29, 1.82) is 0 Å². The maximum Gasteiger partial charge on any atom is 0.0473 e. The zero-order valence-electron chi connectivity index (χ0n) is 13.4. The quantitative estimate of drug-likeness (QED) is 0.869. The van der Waals surface area contributed by atoms with E-state index in [9.17, 15) is 0 Å². The summed E-state index contributed by atoms with van der Waals surface area (Å²) in [6.07, 6.45) is 6.54. The summed E-state index contributed by atoms with van der Waals surface area (Å²) in [4.78, 5) is 6.25. The molecule has 2 aromatic rings. The van der Waals surface area contributed by atoms with E-state index in [2.05, 4.69) is 35.0 Å². The topological polar surface area (TPSA) is 19.0 Å². The molecule has 1 aliphatic carbocycles. The Kier molecular flexibility index (Phi) is 3.91. The molecule has 2 heterocycles. The summed E-state index contributed by atoms with van der Waals surface area (Å²) in [6.45, 7) is 6.05. The van der Waals surface area contributed by atoms with Crippen LogP contribution in [0.15, 0.2) is 18.2 Å². The first-order valence-corrected chi connectivity index (χ1v) is 9.13. The number of fused-ring (bicyclic) bond motifs is 2. The molecule has 2 aliphatic rings. The summed E-state index contributed by atoms with van der Waals surface area (Å²) in [5.41, 5.74) is 3.89. The van der Waals surface area contributed by atoms with E-state index in [1.165, 1.54) is 61.1 Å². The van der Waals surface area contributed by atoms with Gasteiger partial charge in [0.05, 0.1) is 0 Å².